The number of hydrogen-bond donors (Lipinski definition) is 1. The SMILES string of the molecule is CCN(CC)CC(C)n1nnc2c(C(=O)O)cccc21. The summed E-state index contributed by atoms with van der Waals surface area (Å²) >= 11 is 0. The third-order valence-electron chi connectivity index (χ3n) is 3.57. The van der Waals surface area contributed by atoms with Crippen LogP contribution in [0.25, 0.3) is 11.0 Å². The molecule has 6 heteroatoms. The van der Waals surface area contributed by atoms with Crippen LogP contribution in [0.3, 0.4) is 0 Å². The molecule has 0 aliphatic heterocycles. The van der Waals surface area contributed by atoms with E-state index in [4.69, 9.17) is 5.11 Å². The Morgan fingerprint density at radius 1 is 1.40 bits per heavy atom. The van der Waals surface area contributed by atoms with E-state index in [-0.39, 0.29) is 11.6 Å². The summed E-state index contributed by atoms with van der Waals surface area (Å²) in [6, 6.07) is 5.29. The van der Waals surface area contributed by atoms with E-state index in [0.29, 0.717) is 5.52 Å². The minimum atomic E-state index is -0.973. The van der Waals surface area contributed by atoms with Gasteiger partial charge in [-0.3, -0.25) is 0 Å². The number of carboxylic acid groups (broad SMARTS) is 1. The number of nitrogens with zero attached hydrogens (tertiary/aromatic N) is 4. The fourth-order valence-corrected chi connectivity index (χ4v) is 2.39. The van der Waals surface area contributed by atoms with E-state index in [2.05, 4.69) is 36.0 Å². The lowest BCUT2D eigenvalue weighted by molar-refractivity contribution is 0.0699. The molecule has 6 nitrogen and oxygen atoms in total. The van der Waals surface area contributed by atoms with Crippen LogP contribution in [0.15, 0.2) is 18.2 Å². The maximum atomic E-state index is 11.2. The van der Waals surface area contributed by atoms with Crippen LogP contribution in [-0.4, -0.2) is 50.6 Å². The van der Waals surface area contributed by atoms with Gasteiger partial charge in [0, 0.05) is 6.54 Å². The van der Waals surface area contributed by atoms with Crippen molar-refractivity contribution in [1.82, 2.24) is 19.9 Å². The van der Waals surface area contributed by atoms with Gasteiger partial charge in [-0.25, -0.2) is 9.48 Å². The van der Waals surface area contributed by atoms with Crippen LogP contribution in [-0.2, 0) is 0 Å². The highest BCUT2D eigenvalue weighted by Gasteiger charge is 2.17. The van der Waals surface area contributed by atoms with E-state index in [9.17, 15) is 4.79 Å². The van der Waals surface area contributed by atoms with Gasteiger partial charge in [-0.05, 0) is 32.1 Å². The summed E-state index contributed by atoms with van der Waals surface area (Å²) in [5.41, 5.74) is 1.42. The highest BCUT2D eigenvalue weighted by molar-refractivity contribution is 6.00. The third-order valence-corrected chi connectivity index (χ3v) is 3.57. The van der Waals surface area contributed by atoms with Gasteiger partial charge in [0.25, 0.3) is 0 Å². The average Bonchev–Trinajstić information content (AvgIpc) is 2.88. The molecule has 1 N–H and O–H groups in total. The number of carbonyl (C=O) groups is 1. The number of hydrogen-bond acceptors (Lipinski definition) is 4. The normalized spacial score (nSPS) is 13.0. The van der Waals surface area contributed by atoms with Gasteiger partial charge in [0.05, 0.1) is 17.1 Å². The molecule has 0 saturated heterocycles. The quantitative estimate of drug-likeness (QED) is 0.874. The molecule has 0 amide bonds. The highest BCUT2D eigenvalue weighted by atomic mass is 16.4. The zero-order valence-electron chi connectivity index (χ0n) is 12.1. The number of carboxylic acids is 1. The van der Waals surface area contributed by atoms with Gasteiger partial charge in [0.15, 0.2) is 0 Å². The highest BCUT2D eigenvalue weighted by Crippen LogP contribution is 2.19. The van der Waals surface area contributed by atoms with Crippen molar-refractivity contribution in [2.75, 3.05) is 19.6 Å². The maximum Gasteiger partial charge on any atom is 0.338 e. The molecule has 0 radical (unpaired) electrons. The zero-order chi connectivity index (χ0) is 14.7. The Morgan fingerprint density at radius 2 is 2.10 bits per heavy atom. The number of likely N-dealkylation sites (N-methyl/N-ethyl adjacent to an activating group) is 1. The fraction of sp³-hybridized carbons (Fsp3) is 0.500. The first-order valence-electron chi connectivity index (χ1n) is 6.88. The predicted molar refractivity (Wildman–Crippen MR) is 77.0 cm³/mol. The number of aromatic nitrogens is 3. The summed E-state index contributed by atoms with van der Waals surface area (Å²) in [6.07, 6.45) is 0. The minimum absolute atomic E-state index is 0.143. The Kier molecular flexibility index (Phi) is 4.34. The lowest BCUT2D eigenvalue weighted by Crippen LogP contribution is -2.29. The number of rotatable bonds is 6. The van der Waals surface area contributed by atoms with E-state index in [0.717, 1.165) is 25.2 Å². The first-order valence-corrected chi connectivity index (χ1v) is 6.88. The van der Waals surface area contributed by atoms with Crippen LogP contribution < -0.4 is 0 Å². The van der Waals surface area contributed by atoms with Crippen molar-refractivity contribution in [2.24, 2.45) is 0 Å². The summed E-state index contributed by atoms with van der Waals surface area (Å²) in [6.45, 7) is 9.14. The van der Waals surface area contributed by atoms with E-state index in [1.54, 1.807) is 16.8 Å². The van der Waals surface area contributed by atoms with Gasteiger partial charge in [0.1, 0.15) is 5.52 Å². The molecular formula is C14H20N4O2. The molecule has 0 aliphatic rings. The van der Waals surface area contributed by atoms with E-state index in [1.165, 1.54) is 0 Å². The molecule has 1 aromatic carbocycles. The molecule has 0 bridgehead atoms. The van der Waals surface area contributed by atoms with Crippen molar-refractivity contribution in [3.63, 3.8) is 0 Å². The van der Waals surface area contributed by atoms with Gasteiger partial charge in [-0.15, -0.1) is 5.10 Å². The molecule has 1 aromatic heterocycles. The molecule has 1 unspecified atom stereocenters. The molecule has 0 aliphatic carbocycles. The smallest absolute Gasteiger partial charge is 0.338 e. The lowest BCUT2D eigenvalue weighted by atomic mass is 10.2. The van der Waals surface area contributed by atoms with Crippen molar-refractivity contribution in [2.45, 2.75) is 26.8 Å². The fourth-order valence-electron chi connectivity index (χ4n) is 2.39. The van der Waals surface area contributed by atoms with Crippen molar-refractivity contribution in [3.8, 4) is 0 Å². The molecule has 2 aromatic rings. The van der Waals surface area contributed by atoms with Crippen LogP contribution in [0.5, 0.6) is 0 Å². The van der Waals surface area contributed by atoms with Crippen LogP contribution in [0.4, 0.5) is 0 Å². The monoisotopic (exact) mass is 276 g/mol. The molecular weight excluding hydrogens is 256 g/mol. The minimum Gasteiger partial charge on any atom is -0.478 e. The van der Waals surface area contributed by atoms with Crippen LogP contribution >= 0.6 is 0 Å². The first-order chi connectivity index (χ1) is 9.58. The zero-order valence-corrected chi connectivity index (χ0v) is 12.1. The Bertz CT molecular complexity index is 604. The Balaban J connectivity index is 2.36. The van der Waals surface area contributed by atoms with Crippen LogP contribution in [0.1, 0.15) is 37.2 Å². The molecule has 1 heterocycles. The van der Waals surface area contributed by atoms with E-state index >= 15 is 0 Å². The molecule has 2 rings (SSSR count). The number of fused-ring (bicyclic) bond motifs is 1. The maximum absolute atomic E-state index is 11.2. The van der Waals surface area contributed by atoms with Gasteiger partial charge in [-0.2, -0.15) is 0 Å². The average molecular weight is 276 g/mol. The Labute approximate surface area is 118 Å². The Hall–Kier alpha value is -1.95. The number of aromatic carboxylic acids is 1. The topological polar surface area (TPSA) is 71.2 Å². The van der Waals surface area contributed by atoms with Crippen LogP contribution in [0, 0.1) is 0 Å². The van der Waals surface area contributed by atoms with Gasteiger partial charge < -0.3 is 10.0 Å². The van der Waals surface area contributed by atoms with Gasteiger partial charge in [-0.1, -0.05) is 25.1 Å². The standard InChI is InChI=1S/C14H20N4O2/c1-4-17(5-2)9-10(3)18-12-8-6-7-11(14(19)20)13(12)15-16-18/h6-8,10H,4-5,9H2,1-3H3,(H,19,20). The van der Waals surface area contributed by atoms with Gasteiger partial charge in [0.2, 0.25) is 0 Å². The molecule has 0 fully saturated rings. The lowest BCUT2D eigenvalue weighted by Gasteiger charge is -2.22. The summed E-state index contributed by atoms with van der Waals surface area (Å²) < 4.78 is 1.81. The number of benzene rings is 1. The van der Waals surface area contributed by atoms with Crippen molar-refractivity contribution in [3.05, 3.63) is 23.8 Å². The molecule has 108 valence electrons. The second-order valence-corrected chi connectivity index (χ2v) is 4.85. The second-order valence-electron chi connectivity index (χ2n) is 4.85. The van der Waals surface area contributed by atoms with Gasteiger partial charge >= 0.3 is 5.97 Å². The molecule has 1 atom stereocenters. The summed E-state index contributed by atoms with van der Waals surface area (Å²) in [7, 11) is 0. The van der Waals surface area contributed by atoms with Crippen molar-refractivity contribution < 1.29 is 9.90 Å². The largest absolute Gasteiger partial charge is 0.478 e. The molecule has 0 spiro atoms. The summed E-state index contributed by atoms with van der Waals surface area (Å²) in [5, 5.41) is 17.3. The second kappa shape index (κ2) is 6.00. The third kappa shape index (κ3) is 2.65. The van der Waals surface area contributed by atoms with Crippen molar-refractivity contribution in [1.29, 1.82) is 0 Å². The summed E-state index contributed by atoms with van der Waals surface area (Å²) in [4.78, 5) is 13.5. The van der Waals surface area contributed by atoms with Crippen LogP contribution in [0.2, 0.25) is 0 Å². The van der Waals surface area contributed by atoms with Crippen molar-refractivity contribution >= 4 is 17.0 Å². The molecule has 20 heavy (non-hydrogen) atoms. The Morgan fingerprint density at radius 3 is 2.70 bits per heavy atom. The van der Waals surface area contributed by atoms with E-state index < -0.39 is 5.97 Å². The first kappa shape index (κ1) is 14.5. The van der Waals surface area contributed by atoms with E-state index in [1.807, 2.05) is 6.07 Å². The summed E-state index contributed by atoms with van der Waals surface area (Å²) in [5.74, 6) is -0.973. The predicted octanol–water partition coefficient (Wildman–Crippen LogP) is 2.03. The molecule has 0 saturated carbocycles.